The van der Waals surface area contributed by atoms with Crippen molar-refractivity contribution in [2.45, 2.75) is 19.9 Å². The minimum Gasteiger partial charge on any atom is -0.336 e. The number of hydrogen-bond donors (Lipinski definition) is 1. The lowest BCUT2D eigenvalue weighted by atomic mass is 10.1. The maximum absolute atomic E-state index is 12.9. The zero-order valence-electron chi connectivity index (χ0n) is 15.9. The van der Waals surface area contributed by atoms with E-state index in [0.29, 0.717) is 17.2 Å². The Balaban J connectivity index is 1.32. The second kappa shape index (κ2) is 8.35. The molecule has 1 N–H and O–H groups in total. The third-order valence-electron chi connectivity index (χ3n) is 5.49. The number of carbonyl (C=O) groups is 2. The highest BCUT2D eigenvalue weighted by molar-refractivity contribution is 9.11. The Morgan fingerprint density at radius 1 is 1.18 bits per heavy atom. The average Bonchev–Trinajstić information content (AvgIpc) is 3.30. The van der Waals surface area contributed by atoms with E-state index < -0.39 is 0 Å². The fraction of sp³-hybridized carbons (Fsp3) is 0.429. The quantitative estimate of drug-likeness (QED) is 0.729. The maximum Gasteiger partial charge on any atom is 0.254 e. The van der Waals surface area contributed by atoms with Gasteiger partial charge in [-0.2, -0.15) is 0 Å². The number of nitrogens with zero attached hydrogens (tertiary/aromatic N) is 2. The van der Waals surface area contributed by atoms with Crippen molar-refractivity contribution in [3.63, 3.8) is 0 Å². The number of benzene rings is 1. The third kappa shape index (κ3) is 4.64. The molecule has 2 amide bonds. The summed E-state index contributed by atoms with van der Waals surface area (Å²) in [7, 11) is 0. The summed E-state index contributed by atoms with van der Waals surface area (Å²) in [5.41, 5.74) is 1.34. The SMILES string of the molecule is CC1CC1C(=O)Nc1cccc(C(=O)N2CCN(Cc3ccc(Br)s3)CC2)c1. The normalized spacial score (nSPS) is 22.1. The van der Waals surface area contributed by atoms with E-state index in [1.807, 2.05) is 23.1 Å². The van der Waals surface area contributed by atoms with Crippen LogP contribution in [0, 0.1) is 11.8 Å². The van der Waals surface area contributed by atoms with Gasteiger partial charge in [-0.1, -0.05) is 13.0 Å². The molecule has 2 unspecified atom stereocenters. The highest BCUT2D eigenvalue weighted by atomic mass is 79.9. The molecule has 0 spiro atoms. The summed E-state index contributed by atoms with van der Waals surface area (Å²) < 4.78 is 1.15. The van der Waals surface area contributed by atoms with Gasteiger partial charge in [0.2, 0.25) is 5.91 Å². The molecular formula is C21H24BrN3O2S. The van der Waals surface area contributed by atoms with E-state index in [1.165, 1.54) is 4.88 Å². The van der Waals surface area contributed by atoms with Gasteiger partial charge in [0.05, 0.1) is 3.79 Å². The van der Waals surface area contributed by atoms with Gasteiger partial charge >= 0.3 is 0 Å². The molecular weight excluding hydrogens is 438 g/mol. The highest BCUT2D eigenvalue weighted by Gasteiger charge is 2.39. The predicted octanol–water partition coefficient (Wildman–Crippen LogP) is 4.06. The number of anilines is 1. The summed E-state index contributed by atoms with van der Waals surface area (Å²) in [6.45, 7) is 6.21. The zero-order valence-corrected chi connectivity index (χ0v) is 18.3. The fourth-order valence-corrected chi connectivity index (χ4v) is 5.13. The minimum absolute atomic E-state index is 0.0365. The Labute approximate surface area is 177 Å². The lowest BCUT2D eigenvalue weighted by Crippen LogP contribution is -2.48. The summed E-state index contributed by atoms with van der Waals surface area (Å²) in [6, 6.07) is 11.5. The molecule has 0 radical (unpaired) electrons. The van der Waals surface area contributed by atoms with Crippen molar-refractivity contribution in [2.75, 3.05) is 31.5 Å². The Kier molecular flexibility index (Phi) is 5.85. The van der Waals surface area contributed by atoms with E-state index in [0.717, 1.165) is 42.9 Å². The molecule has 2 aliphatic rings. The van der Waals surface area contributed by atoms with E-state index >= 15 is 0 Å². The van der Waals surface area contributed by atoms with Crippen LogP contribution in [0.25, 0.3) is 0 Å². The first-order valence-corrected chi connectivity index (χ1v) is 11.3. The number of thiophene rings is 1. The van der Waals surface area contributed by atoms with Gasteiger partial charge in [0.15, 0.2) is 0 Å². The number of halogens is 1. The molecule has 1 aliphatic carbocycles. The van der Waals surface area contributed by atoms with Crippen LogP contribution < -0.4 is 5.32 Å². The van der Waals surface area contributed by atoms with Gasteiger partial charge < -0.3 is 10.2 Å². The molecule has 2 heterocycles. The summed E-state index contributed by atoms with van der Waals surface area (Å²) >= 11 is 5.27. The summed E-state index contributed by atoms with van der Waals surface area (Å²) in [6.07, 6.45) is 0.956. The van der Waals surface area contributed by atoms with Crippen molar-refractivity contribution in [2.24, 2.45) is 11.8 Å². The van der Waals surface area contributed by atoms with Crippen molar-refractivity contribution < 1.29 is 9.59 Å². The Hall–Kier alpha value is -1.70. The molecule has 1 aromatic carbocycles. The molecule has 148 valence electrons. The lowest BCUT2D eigenvalue weighted by molar-refractivity contribution is -0.117. The molecule has 1 aromatic heterocycles. The molecule has 0 bridgehead atoms. The third-order valence-corrected chi connectivity index (χ3v) is 7.10. The molecule has 28 heavy (non-hydrogen) atoms. The van der Waals surface area contributed by atoms with E-state index in [1.54, 1.807) is 17.4 Å². The first-order valence-electron chi connectivity index (χ1n) is 9.66. The molecule has 4 rings (SSSR count). The highest BCUT2D eigenvalue weighted by Crippen LogP contribution is 2.38. The van der Waals surface area contributed by atoms with Crippen molar-refractivity contribution in [1.82, 2.24) is 9.80 Å². The lowest BCUT2D eigenvalue weighted by Gasteiger charge is -2.34. The van der Waals surface area contributed by atoms with Gasteiger partial charge in [-0.15, -0.1) is 11.3 Å². The number of rotatable bonds is 5. The smallest absolute Gasteiger partial charge is 0.254 e. The van der Waals surface area contributed by atoms with Crippen LogP contribution in [0.2, 0.25) is 0 Å². The van der Waals surface area contributed by atoms with E-state index in [-0.39, 0.29) is 17.7 Å². The molecule has 1 aliphatic heterocycles. The standard InChI is InChI=1S/C21H24BrN3O2S/c1-14-11-18(14)20(26)23-16-4-2-3-15(12-16)21(27)25-9-7-24(8-10-25)13-17-5-6-19(22)28-17/h2-6,12,14,18H,7-11,13H2,1H3,(H,23,26). The predicted molar refractivity (Wildman–Crippen MR) is 116 cm³/mol. The van der Waals surface area contributed by atoms with E-state index in [9.17, 15) is 9.59 Å². The summed E-state index contributed by atoms with van der Waals surface area (Å²) in [5.74, 6) is 0.688. The maximum atomic E-state index is 12.9. The summed E-state index contributed by atoms with van der Waals surface area (Å²) in [4.78, 5) is 30.7. The largest absolute Gasteiger partial charge is 0.336 e. The van der Waals surface area contributed by atoms with Crippen LogP contribution in [0.1, 0.15) is 28.6 Å². The van der Waals surface area contributed by atoms with Crippen molar-refractivity contribution in [1.29, 1.82) is 0 Å². The van der Waals surface area contributed by atoms with Crippen LogP contribution in [0.4, 0.5) is 5.69 Å². The van der Waals surface area contributed by atoms with E-state index in [2.05, 4.69) is 45.2 Å². The average molecular weight is 462 g/mol. The first-order chi connectivity index (χ1) is 13.5. The summed E-state index contributed by atoms with van der Waals surface area (Å²) in [5, 5.41) is 2.95. The van der Waals surface area contributed by atoms with Gasteiger partial charge in [-0.05, 0) is 58.6 Å². The van der Waals surface area contributed by atoms with Crippen LogP contribution in [-0.4, -0.2) is 47.8 Å². The molecule has 1 saturated heterocycles. The Morgan fingerprint density at radius 3 is 2.57 bits per heavy atom. The van der Waals surface area contributed by atoms with Crippen molar-refractivity contribution in [3.05, 3.63) is 50.6 Å². The van der Waals surface area contributed by atoms with Crippen molar-refractivity contribution in [3.8, 4) is 0 Å². The molecule has 2 aromatic rings. The minimum atomic E-state index is 0.0365. The van der Waals surface area contributed by atoms with Crippen LogP contribution in [0.15, 0.2) is 40.2 Å². The zero-order chi connectivity index (χ0) is 19.7. The first kappa shape index (κ1) is 19.6. The second-order valence-electron chi connectivity index (χ2n) is 7.66. The van der Waals surface area contributed by atoms with E-state index in [4.69, 9.17) is 0 Å². The number of amides is 2. The van der Waals surface area contributed by atoms with Gasteiger partial charge in [-0.25, -0.2) is 0 Å². The molecule has 1 saturated carbocycles. The van der Waals surface area contributed by atoms with Gasteiger partial charge in [-0.3, -0.25) is 14.5 Å². The number of piperazine rings is 1. The number of hydrogen-bond acceptors (Lipinski definition) is 4. The molecule has 2 atom stereocenters. The molecule has 5 nitrogen and oxygen atoms in total. The Bertz CT molecular complexity index is 876. The van der Waals surface area contributed by atoms with Crippen LogP contribution >= 0.6 is 27.3 Å². The topological polar surface area (TPSA) is 52.7 Å². The van der Waals surface area contributed by atoms with Gasteiger partial charge in [0.1, 0.15) is 0 Å². The molecule has 2 fully saturated rings. The van der Waals surface area contributed by atoms with Crippen LogP contribution in [0.3, 0.4) is 0 Å². The van der Waals surface area contributed by atoms with Crippen LogP contribution in [0.5, 0.6) is 0 Å². The van der Waals surface area contributed by atoms with Gasteiger partial charge in [0, 0.05) is 54.8 Å². The number of carbonyl (C=O) groups excluding carboxylic acids is 2. The molecule has 7 heteroatoms. The van der Waals surface area contributed by atoms with Gasteiger partial charge in [0.25, 0.3) is 5.91 Å². The second-order valence-corrected chi connectivity index (χ2v) is 10.2. The monoisotopic (exact) mass is 461 g/mol. The number of nitrogens with one attached hydrogen (secondary N) is 1. The fourth-order valence-electron chi connectivity index (χ4n) is 3.60. The Morgan fingerprint density at radius 2 is 1.93 bits per heavy atom. The van der Waals surface area contributed by atoms with Crippen molar-refractivity contribution >= 4 is 44.8 Å². The van der Waals surface area contributed by atoms with Crippen LogP contribution in [-0.2, 0) is 11.3 Å².